The smallest absolute Gasteiger partial charge is 0.234 e. The molecule has 0 aliphatic carbocycles. The Hall–Kier alpha value is -2.11. The lowest BCUT2D eigenvalue weighted by Crippen LogP contribution is -2.38. The summed E-state index contributed by atoms with van der Waals surface area (Å²) in [5.41, 5.74) is 1.67. The first-order valence-electron chi connectivity index (χ1n) is 8.53. The van der Waals surface area contributed by atoms with Crippen molar-refractivity contribution in [2.24, 2.45) is 0 Å². The standard InChI is InChI=1S/C20H24ClFN2O2/c1-4-24(12-15-9-10-19(26-3)18(22)11-15)13-20(25)23-14(2)16-7-5-6-8-17(16)21/h5-11,14H,4,12-13H2,1-3H3,(H,23,25). The van der Waals surface area contributed by atoms with Gasteiger partial charge in [0, 0.05) is 11.6 Å². The van der Waals surface area contributed by atoms with Crippen LogP contribution in [0.1, 0.15) is 31.0 Å². The number of ether oxygens (including phenoxy) is 1. The zero-order valence-corrected chi connectivity index (χ0v) is 16.0. The van der Waals surface area contributed by atoms with Gasteiger partial charge in [-0.05, 0) is 42.8 Å². The minimum absolute atomic E-state index is 0.103. The molecule has 0 heterocycles. The van der Waals surface area contributed by atoms with E-state index in [0.29, 0.717) is 18.1 Å². The van der Waals surface area contributed by atoms with Gasteiger partial charge in [0.05, 0.1) is 19.7 Å². The zero-order valence-electron chi connectivity index (χ0n) is 15.3. The van der Waals surface area contributed by atoms with E-state index in [1.165, 1.54) is 13.2 Å². The van der Waals surface area contributed by atoms with Crippen molar-refractivity contribution >= 4 is 17.5 Å². The fourth-order valence-corrected chi connectivity index (χ4v) is 3.04. The molecule has 1 N–H and O–H groups in total. The molecule has 140 valence electrons. The van der Waals surface area contributed by atoms with Gasteiger partial charge < -0.3 is 10.1 Å². The number of likely N-dealkylation sites (N-methyl/N-ethyl adjacent to an activating group) is 1. The van der Waals surface area contributed by atoms with Crippen LogP contribution in [0, 0.1) is 5.82 Å². The summed E-state index contributed by atoms with van der Waals surface area (Å²) in [6.07, 6.45) is 0. The largest absolute Gasteiger partial charge is 0.494 e. The highest BCUT2D eigenvalue weighted by Crippen LogP contribution is 2.22. The molecule has 0 aliphatic heterocycles. The van der Waals surface area contributed by atoms with Crippen molar-refractivity contribution < 1.29 is 13.9 Å². The van der Waals surface area contributed by atoms with Crippen molar-refractivity contribution in [1.82, 2.24) is 10.2 Å². The van der Waals surface area contributed by atoms with Crippen LogP contribution >= 0.6 is 11.6 Å². The van der Waals surface area contributed by atoms with Crippen molar-refractivity contribution in [3.63, 3.8) is 0 Å². The van der Waals surface area contributed by atoms with Crippen molar-refractivity contribution in [3.8, 4) is 5.75 Å². The molecule has 6 heteroatoms. The van der Waals surface area contributed by atoms with Crippen molar-refractivity contribution in [3.05, 3.63) is 64.4 Å². The Morgan fingerprint density at radius 3 is 2.65 bits per heavy atom. The van der Waals surface area contributed by atoms with Crippen LogP contribution in [0.25, 0.3) is 0 Å². The number of benzene rings is 2. The number of carbonyl (C=O) groups is 1. The molecule has 2 rings (SSSR count). The molecule has 1 amide bonds. The average Bonchev–Trinajstić information content (AvgIpc) is 2.61. The van der Waals surface area contributed by atoms with E-state index in [1.807, 2.05) is 36.9 Å². The molecule has 2 aromatic carbocycles. The molecule has 0 spiro atoms. The van der Waals surface area contributed by atoms with Crippen LogP contribution < -0.4 is 10.1 Å². The fourth-order valence-electron chi connectivity index (χ4n) is 2.74. The summed E-state index contributed by atoms with van der Waals surface area (Å²) in [7, 11) is 1.43. The average molecular weight is 379 g/mol. The summed E-state index contributed by atoms with van der Waals surface area (Å²) in [5.74, 6) is -0.297. The first-order chi connectivity index (χ1) is 12.4. The van der Waals surface area contributed by atoms with Gasteiger partial charge in [0.25, 0.3) is 0 Å². The second kappa shape index (κ2) is 9.55. The van der Waals surface area contributed by atoms with Crippen LogP contribution in [-0.2, 0) is 11.3 Å². The summed E-state index contributed by atoms with van der Waals surface area (Å²) < 4.78 is 18.8. The number of nitrogens with zero attached hydrogens (tertiary/aromatic N) is 1. The molecular weight excluding hydrogens is 355 g/mol. The maximum Gasteiger partial charge on any atom is 0.234 e. The van der Waals surface area contributed by atoms with E-state index in [2.05, 4.69) is 5.32 Å². The Morgan fingerprint density at radius 2 is 2.04 bits per heavy atom. The lowest BCUT2D eigenvalue weighted by Gasteiger charge is -2.22. The number of hydrogen-bond acceptors (Lipinski definition) is 3. The molecule has 26 heavy (non-hydrogen) atoms. The van der Waals surface area contributed by atoms with E-state index in [4.69, 9.17) is 16.3 Å². The van der Waals surface area contributed by atoms with Crippen LogP contribution in [-0.4, -0.2) is 31.0 Å². The Bertz CT molecular complexity index is 754. The Labute approximate surface area is 158 Å². The van der Waals surface area contributed by atoms with Crippen LogP contribution in [0.15, 0.2) is 42.5 Å². The normalized spacial score (nSPS) is 12.1. The summed E-state index contributed by atoms with van der Waals surface area (Å²) in [4.78, 5) is 14.3. The monoisotopic (exact) mass is 378 g/mol. The van der Waals surface area contributed by atoms with Crippen molar-refractivity contribution in [2.75, 3.05) is 20.2 Å². The van der Waals surface area contributed by atoms with Gasteiger partial charge in [0.15, 0.2) is 11.6 Å². The highest BCUT2D eigenvalue weighted by Gasteiger charge is 2.15. The predicted octanol–water partition coefficient (Wildman–Crippen LogP) is 4.19. The lowest BCUT2D eigenvalue weighted by atomic mass is 10.1. The molecule has 4 nitrogen and oxygen atoms in total. The summed E-state index contributed by atoms with van der Waals surface area (Å²) in [6.45, 7) is 5.23. The summed E-state index contributed by atoms with van der Waals surface area (Å²) in [6, 6.07) is 12.1. The van der Waals surface area contributed by atoms with Crippen LogP contribution in [0.4, 0.5) is 4.39 Å². The minimum Gasteiger partial charge on any atom is -0.494 e. The number of halogens is 2. The third-order valence-electron chi connectivity index (χ3n) is 4.19. The Kier molecular flexibility index (Phi) is 7.42. The number of carbonyl (C=O) groups excluding carboxylic acids is 1. The van der Waals surface area contributed by atoms with E-state index >= 15 is 0 Å². The molecule has 0 aromatic heterocycles. The summed E-state index contributed by atoms with van der Waals surface area (Å²) >= 11 is 6.17. The fraction of sp³-hybridized carbons (Fsp3) is 0.350. The summed E-state index contributed by atoms with van der Waals surface area (Å²) in [5, 5.41) is 3.58. The molecule has 0 radical (unpaired) electrons. The SMILES string of the molecule is CCN(CC(=O)NC(C)c1ccccc1Cl)Cc1ccc(OC)c(F)c1. The highest BCUT2D eigenvalue weighted by atomic mass is 35.5. The van der Waals surface area contributed by atoms with Gasteiger partial charge in [-0.2, -0.15) is 0 Å². The second-order valence-electron chi connectivity index (χ2n) is 6.08. The van der Waals surface area contributed by atoms with Gasteiger partial charge >= 0.3 is 0 Å². The zero-order chi connectivity index (χ0) is 19.1. The topological polar surface area (TPSA) is 41.6 Å². The molecule has 0 saturated carbocycles. The van der Waals surface area contributed by atoms with E-state index in [0.717, 1.165) is 11.1 Å². The van der Waals surface area contributed by atoms with Crippen molar-refractivity contribution in [1.29, 1.82) is 0 Å². The van der Waals surface area contributed by atoms with Crippen LogP contribution in [0.2, 0.25) is 5.02 Å². The number of hydrogen-bond donors (Lipinski definition) is 1. The molecule has 2 aromatic rings. The number of methoxy groups -OCH3 is 1. The first-order valence-corrected chi connectivity index (χ1v) is 8.91. The molecule has 0 bridgehead atoms. The minimum atomic E-state index is -0.405. The van der Waals surface area contributed by atoms with E-state index < -0.39 is 5.82 Å². The molecule has 0 fully saturated rings. The number of nitrogens with one attached hydrogen (secondary N) is 1. The molecule has 1 unspecified atom stereocenters. The quantitative estimate of drug-likeness (QED) is 0.749. The third-order valence-corrected chi connectivity index (χ3v) is 4.53. The predicted molar refractivity (Wildman–Crippen MR) is 102 cm³/mol. The van der Waals surface area contributed by atoms with Gasteiger partial charge in [-0.15, -0.1) is 0 Å². The highest BCUT2D eigenvalue weighted by molar-refractivity contribution is 6.31. The molecule has 0 saturated heterocycles. The Balaban J connectivity index is 1.95. The first kappa shape index (κ1) is 20.2. The Morgan fingerprint density at radius 1 is 1.31 bits per heavy atom. The third kappa shape index (κ3) is 5.44. The number of rotatable bonds is 8. The molecular formula is C20H24ClFN2O2. The lowest BCUT2D eigenvalue weighted by molar-refractivity contribution is -0.123. The van der Waals surface area contributed by atoms with Crippen LogP contribution in [0.5, 0.6) is 5.75 Å². The van der Waals surface area contributed by atoms with E-state index in [1.54, 1.807) is 18.2 Å². The maximum absolute atomic E-state index is 13.8. The van der Waals surface area contributed by atoms with E-state index in [9.17, 15) is 9.18 Å². The molecule has 0 aliphatic rings. The maximum atomic E-state index is 13.8. The van der Waals surface area contributed by atoms with Gasteiger partial charge in [-0.3, -0.25) is 9.69 Å². The molecule has 1 atom stereocenters. The van der Waals surface area contributed by atoms with Gasteiger partial charge in [0.1, 0.15) is 0 Å². The van der Waals surface area contributed by atoms with Crippen molar-refractivity contribution in [2.45, 2.75) is 26.4 Å². The van der Waals surface area contributed by atoms with Gasteiger partial charge in [-0.25, -0.2) is 4.39 Å². The van der Waals surface area contributed by atoms with E-state index in [-0.39, 0.29) is 24.2 Å². The second-order valence-corrected chi connectivity index (χ2v) is 6.49. The van der Waals surface area contributed by atoms with Gasteiger partial charge in [0.2, 0.25) is 5.91 Å². The van der Waals surface area contributed by atoms with Crippen LogP contribution in [0.3, 0.4) is 0 Å². The number of amides is 1. The van der Waals surface area contributed by atoms with Gasteiger partial charge in [-0.1, -0.05) is 42.8 Å².